The summed E-state index contributed by atoms with van der Waals surface area (Å²) in [4.78, 5) is 38.2. The van der Waals surface area contributed by atoms with E-state index < -0.39 is 70.0 Å². The molecule has 0 bridgehead atoms. The van der Waals surface area contributed by atoms with Crippen molar-refractivity contribution in [2.45, 2.75) is 37.1 Å². The lowest BCUT2D eigenvalue weighted by Crippen LogP contribution is -2.39. The Balaban J connectivity index is 1.86. The van der Waals surface area contributed by atoms with E-state index in [-0.39, 0.29) is 22.7 Å². The molecule has 0 radical (unpaired) electrons. The molecule has 2 aromatic rings. The van der Waals surface area contributed by atoms with Gasteiger partial charge in [-0.05, 0) is 57.5 Å². The Labute approximate surface area is 226 Å². The average molecular weight is 581 g/mol. The highest BCUT2D eigenvalue weighted by molar-refractivity contribution is 6.52. The number of rotatable bonds is 7. The maximum absolute atomic E-state index is 15.4. The van der Waals surface area contributed by atoms with E-state index in [1.807, 2.05) is 0 Å². The average Bonchev–Trinajstić information content (AvgIpc) is 3.43. The first-order valence-electron chi connectivity index (χ1n) is 11.0. The molecule has 1 aliphatic rings. The molecule has 0 aliphatic heterocycles. The van der Waals surface area contributed by atoms with Crippen molar-refractivity contribution in [1.82, 2.24) is 0 Å². The van der Waals surface area contributed by atoms with Gasteiger partial charge in [0, 0.05) is 5.69 Å². The molecular formula is C24H23Cl3F3N3O4. The SMILES string of the molecule is CC(C)(C)OC(=O)N(CCF)c1c(F)ccc(NC(=O)c2cc(NC(=O)C3CC3(Cl)Cl)ccc2Cl)c1F. The van der Waals surface area contributed by atoms with Crippen molar-refractivity contribution in [3.05, 3.63) is 52.6 Å². The number of anilines is 3. The van der Waals surface area contributed by atoms with Gasteiger partial charge in [0.2, 0.25) is 5.91 Å². The topological polar surface area (TPSA) is 87.7 Å². The van der Waals surface area contributed by atoms with Crippen LogP contribution in [0.25, 0.3) is 0 Å². The van der Waals surface area contributed by atoms with Crippen LogP contribution in [0.1, 0.15) is 37.6 Å². The van der Waals surface area contributed by atoms with Crippen molar-refractivity contribution in [3.8, 4) is 0 Å². The molecule has 1 fully saturated rings. The Kier molecular flexibility index (Phi) is 8.56. The Morgan fingerprint density at radius 1 is 1.14 bits per heavy atom. The Morgan fingerprint density at radius 2 is 1.78 bits per heavy atom. The zero-order valence-corrected chi connectivity index (χ0v) is 22.2. The van der Waals surface area contributed by atoms with E-state index in [2.05, 4.69) is 10.6 Å². The van der Waals surface area contributed by atoms with Gasteiger partial charge < -0.3 is 15.4 Å². The molecule has 3 amide bonds. The van der Waals surface area contributed by atoms with E-state index in [1.165, 1.54) is 39.0 Å². The molecule has 7 nitrogen and oxygen atoms in total. The van der Waals surface area contributed by atoms with Gasteiger partial charge in [0.05, 0.1) is 28.7 Å². The van der Waals surface area contributed by atoms with Crippen LogP contribution < -0.4 is 15.5 Å². The highest BCUT2D eigenvalue weighted by Crippen LogP contribution is 2.53. The van der Waals surface area contributed by atoms with Gasteiger partial charge in [-0.25, -0.2) is 18.0 Å². The fourth-order valence-electron chi connectivity index (χ4n) is 3.27. The Bertz CT molecular complexity index is 1240. The number of nitrogens with zero attached hydrogens (tertiary/aromatic N) is 1. The number of carbonyl (C=O) groups is 3. The highest BCUT2D eigenvalue weighted by Gasteiger charge is 2.56. The lowest BCUT2D eigenvalue weighted by atomic mass is 10.1. The van der Waals surface area contributed by atoms with Crippen LogP contribution in [0.2, 0.25) is 5.02 Å². The van der Waals surface area contributed by atoms with Gasteiger partial charge in [-0.15, -0.1) is 23.2 Å². The molecule has 3 rings (SSSR count). The summed E-state index contributed by atoms with van der Waals surface area (Å²) in [6.45, 7) is 2.80. The van der Waals surface area contributed by atoms with Crippen LogP contribution in [0.5, 0.6) is 0 Å². The van der Waals surface area contributed by atoms with E-state index in [4.69, 9.17) is 39.5 Å². The number of benzene rings is 2. The predicted molar refractivity (Wildman–Crippen MR) is 136 cm³/mol. The second-order valence-corrected chi connectivity index (χ2v) is 11.2. The number of hydrogen-bond donors (Lipinski definition) is 2. The monoisotopic (exact) mass is 579 g/mol. The molecule has 0 saturated heterocycles. The summed E-state index contributed by atoms with van der Waals surface area (Å²) in [7, 11) is 0. The van der Waals surface area contributed by atoms with Crippen LogP contribution in [0, 0.1) is 17.6 Å². The first-order chi connectivity index (χ1) is 17.1. The minimum atomic E-state index is -1.33. The molecule has 0 spiro atoms. The molecule has 1 unspecified atom stereocenters. The van der Waals surface area contributed by atoms with Gasteiger partial charge in [0.15, 0.2) is 5.82 Å². The molecule has 200 valence electrons. The van der Waals surface area contributed by atoms with Crippen LogP contribution in [0.3, 0.4) is 0 Å². The van der Waals surface area contributed by atoms with Crippen molar-refractivity contribution in [1.29, 1.82) is 0 Å². The number of amides is 3. The summed E-state index contributed by atoms with van der Waals surface area (Å²) < 4.78 is 47.1. The third-order valence-corrected chi connectivity index (χ3v) is 6.29. The molecule has 0 heterocycles. The number of nitrogens with one attached hydrogen (secondary N) is 2. The molecule has 1 saturated carbocycles. The number of ether oxygens (including phenoxy) is 1. The Morgan fingerprint density at radius 3 is 2.35 bits per heavy atom. The van der Waals surface area contributed by atoms with E-state index in [1.54, 1.807) is 0 Å². The fourth-order valence-corrected chi connectivity index (χ4v) is 3.98. The van der Waals surface area contributed by atoms with Crippen molar-refractivity contribution >= 4 is 69.8 Å². The summed E-state index contributed by atoms with van der Waals surface area (Å²) in [5.41, 5.74) is -2.36. The molecule has 1 aliphatic carbocycles. The second kappa shape index (κ2) is 11.0. The third-order valence-electron chi connectivity index (χ3n) is 5.13. The highest BCUT2D eigenvalue weighted by atomic mass is 35.5. The molecular weight excluding hydrogens is 558 g/mol. The van der Waals surface area contributed by atoms with Crippen LogP contribution in [0.15, 0.2) is 30.3 Å². The third kappa shape index (κ3) is 7.00. The lowest BCUT2D eigenvalue weighted by Gasteiger charge is -2.27. The summed E-state index contributed by atoms with van der Waals surface area (Å²) >= 11 is 17.9. The van der Waals surface area contributed by atoms with Crippen LogP contribution in [0.4, 0.5) is 35.0 Å². The van der Waals surface area contributed by atoms with E-state index >= 15 is 4.39 Å². The number of halogens is 6. The minimum absolute atomic E-state index is 0.0264. The summed E-state index contributed by atoms with van der Waals surface area (Å²) in [5, 5.41) is 4.80. The molecule has 0 aromatic heterocycles. The largest absolute Gasteiger partial charge is 0.443 e. The number of alkyl halides is 3. The normalized spacial score (nSPS) is 16.1. The van der Waals surface area contributed by atoms with Gasteiger partial charge in [0.1, 0.15) is 28.1 Å². The van der Waals surface area contributed by atoms with Crippen molar-refractivity contribution < 1.29 is 32.3 Å². The predicted octanol–water partition coefficient (Wildman–Crippen LogP) is 6.71. The lowest BCUT2D eigenvalue weighted by molar-refractivity contribution is -0.117. The van der Waals surface area contributed by atoms with Crippen molar-refractivity contribution in [2.75, 3.05) is 28.8 Å². The fraction of sp³-hybridized carbons (Fsp3) is 0.375. The van der Waals surface area contributed by atoms with E-state index in [0.717, 1.165) is 12.1 Å². The molecule has 2 aromatic carbocycles. The standard InChI is InChI=1S/C24H23Cl3F3N3O4/c1-23(2,3)37-22(36)33(9-8-28)19-16(29)6-7-17(18(19)30)32-20(34)13-10-12(4-5-15(13)25)31-21(35)14-11-24(14,26)27/h4-7,10,14H,8-9,11H2,1-3H3,(H,31,35)(H,32,34). The second-order valence-electron chi connectivity index (χ2n) is 9.23. The Hall–Kier alpha value is -2.69. The molecule has 2 N–H and O–H groups in total. The van der Waals surface area contributed by atoms with Crippen LogP contribution in [-0.2, 0) is 9.53 Å². The van der Waals surface area contributed by atoms with Gasteiger partial charge >= 0.3 is 6.09 Å². The zero-order chi connectivity index (χ0) is 27.7. The maximum atomic E-state index is 15.4. The van der Waals surface area contributed by atoms with E-state index in [9.17, 15) is 23.2 Å². The first-order valence-corrected chi connectivity index (χ1v) is 12.1. The van der Waals surface area contributed by atoms with Gasteiger partial charge in [-0.1, -0.05) is 11.6 Å². The summed E-state index contributed by atoms with van der Waals surface area (Å²) in [6, 6.07) is 5.77. The zero-order valence-electron chi connectivity index (χ0n) is 19.9. The van der Waals surface area contributed by atoms with Crippen molar-refractivity contribution in [3.63, 3.8) is 0 Å². The molecule has 37 heavy (non-hydrogen) atoms. The van der Waals surface area contributed by atoms with Gasteiger partial charge in [0.25, 0.3) is 5.91 Å². The number of hydrogen-bond acceptors (Lipinski definition) is 4. The summed E-state index contributed by atoms with van der Waals surface area (Å²) in [5.74, 6) is -4.48. The summed E-state index contributed by atoms with van der Waals surface area (Å²) in [6.07, 6.45) is -0.899. The van der Waals surface area contributed by atoms with E-state index in [0.29, 0.717) is 4.90 Å². The molecule has 13 heteroatoms. The van der Waals surface area contributed by atoms with Gasteiger partial charge in [-0.2, -0.15) is 0 Å². The van der Waals surface area contributed by atoms with Gasteiger partial charge in [-0.3, -0.25) is 14.5 Å². The first kappa shape index (κ1) is 28.9. The maximum Gasteiger partial charge on any atom is 0.415 e. The quantitative estimate of drug-likeness (QED) is 0.356. The minimum Gasteiger partial charge on any atom is -0.443 e. The van der Waals surface area contributed by atoms with Crippen LogP contribution >= 0.6 is 34.8 Å². The van der Waals surface area contributed by atoms with Crippen molar-refractivity contribution in [2.24, 2.45) is 5.92 Å². The number of carbonyl (C=O) groups excluding carboxylic acids is 3. The van der Waals surface area contributed by atoms with Crippen LogP contribution in [-0.4, -0.2) is 41.1 Å². The smallest absolute Gasteiger partial charge is 0.415 e. The molecule has 1 atom stereocenters.